The molecule has 128 valence electrons. The summed E-state index contributed by atoms with van der Waals surface area (Å²) in [5, 5.41) is 9.58. The molecule has 1 aliphatic rings. The molecule has 1 fully saturated rings. The number of hydrogen-bond acceptors (Lipinski definition) is 5. The highest BCUT2D eigenvalue weighted by atomic mass is 32.2. The van der Waals surface area contributed by atoms with Gasteiger partial charge in [0.1, 0.15) is 6.10 Å². The van der Waals surface area contributed by atoms with Crippen LogP contribution in [0.2, 0.25) is 0 Å². The first-order valence-electron chi connectivity index (χ1n) is 8.06. The lowest BCUT2D eigenvalue weighted by Crippen LogP contribution is -2.31. The summed E-state index contributed by atoms with van der Waals surface area (Å²) in [5.74, 6) is 0.414. The highest BCUT2D eigenvalue weighted by Gasteiger charge is 2.33. The van der Waals surface area contributed by atoms with E-state index in [0.717, 1.165) is 10.8 Å². The van der Waals surface area contributed by atoms with E-state index in [1.54, 1.807) is 30.5 Å². The third-order valence-corrected chi connectivity index (χ3v) is 6.16. The molecule has 0 radical (unpaired) electrons. The van der Waals surface area contributed by atoms with E-state index in [1.165, 1.54) is 4.31 Å². The Labute approximate surface area is 146 Å². The van der Waals surface area contributed by atoms with Gasteiger partial charge in [-0.15, -0.1) is 5.10 Å². The molecular weight excluding hydrogens is 338 g/mol. The number of benzene rings is 2. The Hall–Kier alpha value is -2.51. The molecule has 0 N–H and O–H groups in total. The van der Waals surface area contributed by atoms with Crippen molar-refractivity contribution in [2.75, 3.05) is 13.1 Å². The van der Waals surface area contributed by atoms with Gasteiger partial charge >= 0.3 is 0 Å². The molecule has 0 aliphatic carbocycles. The number of fused-ring (bicyclic) bond motifs is 1. The molecule has 6 nitrogen and oxygen atoms in total. The smallest absolute Gasteiger partial charge is 0.243 e. The van der Waals surface area contributed by atoms with E-state index in [9.17, 15) is 8.42 Å². The molecule has 3 aromatic rings. The lowest BCUT2D eigenvalue weighted by atomic mass is 10.1. The van der Waals surface area contributed by atoms with Crippen molar-refractivity contribution in [2.24, 2.45) is 0 Å². The summed E-state index contributed by atoms with van der Waals surface area (Å²) in [6.45, 7) is 0.742. The highest BCUT2D eigenvalue weighted by molar-refractivity contribution is 7.89. The molecule has 1 aliphatic heterocycles. The van der Waals surface area contributed by atoms with Gasteiger partial charge in [0.05, 0.1) is 11.4 Å². The molecule has 1 aromatic heterocycles. The van der Waals surface area contributed by atoms with Crippen LogP contribution in [-0.2, 0) is 10.0 Å². The largest absolute Gasteiger partial charge is 0.472 e. The van der Waals surface area contributed by atoms with Crippen molar-refractivity contribution in [1.82, 2.24) is 14.5 Å². The molecule has 7 heteroatoms. The standard InChI is InChI=1S/C18H17N3O3S/c22-25(23,17-8-7-14-4-1-2-5-15(14)12-17)21-11-9-16(13-21)24-18-6-3-10-19-20-18/h1-8,10,12,16H,9,11,13H2. The van der Waals surface area contributed by atoms with Crippen LogP contribution in [0.1, 0.15) is 6.42 Å². The van der Waals surface area contributed by atoms with Gasteiger partial charge in [0.2, 0.25) is 15.9 Å². The molecule has 0 bridgehead atoms. The molecular formula is C18H17N3O3S. The number of hydrogen-bond donors (Lipinski definition) is 0. The highest BCUT2D eigenvalue weighted by Crippen LogP contribution is 2.25. The van der Waals surface area contributed by atoms with Crippen LogP contribution in [0.4, 0.5) is 0 Å². The molecule has 2 aromatic carbocycles. The average molecular weight is 355 g/mol. The number of rotatable bonds is 4. The van der Waals surface area contributed by atoms with Crippen LogP contribution in [0, 0.1) is 0 Å². The van der Waals surface area contributed by atoms with Gasteiger partial charge in [-0.25, -0.2) is 8.42 Å². The van der Waals surface area contributed by atoms with Gasteiger partial charge in [-0.3, -0.25) is 0 Å². The van der Waals surface area contributed by atoms with Crippen molar-refractivity contribution in [3.05, 3.63) is 60.8 Å². The van der Waals surface area contributed by atoms with Crippen molar-refractivity contribution < 1.29 is 13.2 Å². The summed E-state index contributed by atoms with van der Waals surface area (Å²) in [5.41, 5.74) is 0. The predicted octanol–water partition coefficient (Wildman–Crippen LogP) is 2.47. The summed E-state index contributed by atoms with van der Waals surface area (Å²) in [6, 6.07) is 16.4. The van der Waals surface area contributed by atoms with Crippen LogP contribution in [0.5, 0.6) is 5.88 Å². The monoisotopic (exact) mass is 355 g/mol. The van der Waals surface area contributed by atoms with Gasteiger partial charge in [-0.1, -0.05) is 30.3 Å². The first-order chi connectivity index (χ1) is 12.1. The van der Waals surface area contributed by atoms with Crippen LogP contribution in [0.25, 0.3) is 10.8 Å². The van der Waals surface area contributed by atoms with E-state index in [1.807, 2.05) is 30.3 Å². The van der Waals surface area contributed by atoms with Crippen LogP contribution in [-0.4, -0.2) is 42.1 Å². The number of nitrogens with zero attached hydrogens (tertiary/aromatic N) is 3. The lowest BCUT2D eigenvalue weighted by molar-refractivity contribution is 0.204. The normalized spacial score (nSPS) is 18.5. The zero-order valence-electron chi connectivity index (χ0n) is 13.4. The van der Waals surface area contributed by atoms with Crippen molar-refractivity contribution in [3.8, 4) is 5.88 Å². The second-order valence-electron chi connectivity index (χ2n) is 5.96. The van der Waals surface area contributed by atoms with E-state index < -0.39 is 10.0 Å². The zero-order valence-corrected chi connectivity index (χ0v) is 14.3. The van der Waals surface area contributed by atoms with Gasteiger partial charge in [0.25, 0.3) is 0 Å². The number of aromatic nitrogens is 2. The number of ether oxygens (including phenoxy) is 1. The van der Waals surface area contributed by atoms with E-state index in [-0.39, 0.29) is 6.10 Å². The van der Waals surface area contributed by atoms with Crippen molar-refractivity contribution in [3.63, 3.8) is 0 Å². The molecule has 1 unspecified atom stereocenters. The van der Waals surface area contributed by atoms with Gasteiger partial charge < -0.3 is 4.74 Å². The topological polar surface area (TPSA) is 72.4 Å². The van der Waals surface area contributed by atoms with Crippen LogP contribution in [0.15, 0.2) is 65.7 Å². The predicted molar refractivity (Wildman–Crippen MR) is 93.8 cm³/mol. The number of sulfonamides is 1. The van der Waals surface area contributed by atoms with Crippen LogP contribution >= 0.6 is 0 Å². The fourth-order valence-corrected chi connectivity index (χ4v) is 4.53. The first kappa shape index (κ1) is 16.0. The van der Waals surface area contributed by atoms with E-state index in [0.29, 0.717) is 30.3 Å². The van der Waals surface area contributed by atoms with E-state index in [2.05, 4.69) is 10.2 Å². The average Bonchev–Trinajstić information content (AvgIpc) is 3.11. The SMILES string of the molecule is O=S(=O)(c1ccc2ccccc2c1)N1CCC(Oc2cccnn2)C1. The van der Waals surface area contributed by atoms with E-state index >= 15 is 0 Å². The summed E-state index contributed by atoms with van der Waals surface area (Å²) >= 11 is 0. The minimum atomic E-state index is -3.54. The summed E-state index contributed by atoms with van der Waals surface area (Å²) in [7, 11) is -3.54. The van der Waals surface area contributed by atoms with Gasteiger partial charge in [0.15, 0.2) is 0 Å². The molecule has 1 saturated heterocycles. The van der Waals surface area contributed by atoms with Crippen molar-refractivity contribution in [2.45, 2.75) is 17.4 Å². The maximum atomic E-state index is 12.9. The minimum absolute atomic E-state index is 0.216. The fourth-order valence-electron chi connectivity index (χ4n) is 3.01. The van der Waals surface area contributed by atoms with Crippen LogP contribution in [0.3, 0.4) is 0 Å². The fraction of sp³-hybridized carbons (Fsp3) is 0.222. The van der Waals surface area contributed by atoms with Crippen LogP contribution < -0.4 is 4.74 Å². The quantitative estimate of drug-likeness (QED) is 0.719. The van der Waals surface area contributed by atoms with Gasteiger partial charge in [-0.2, -0.15) is 9.40 Å². The van der Waals surface area contributed by atoms with Gasteiger partial charge in [0, 0.05) is 18.8 Å². The molecule has 1 atom stereocenters. The summed E-state index contributed by atoms with van der Waals surface area (Å²) < 4.78 is 33.0. The Kier molecular flexibility index (Phi) is 4.10. The van der Waals surface area contributed by atoms with Gasteiger partial charge in [-0.05, 0) is 35.4 Å². The third kappa shape index (κ3) is 3.20. The maximum absolute atomic E-state index is 12.9. The third-order valence-electron chi connectivity index (χ3n) is 4.30. The Balaban J connectivity index is 1.54. The maximum Gasteiger partial charge on any atom is 0.243 e. The molecule has 2 heterocycles. The van der Waals surface area contributed by atoms with E-state index in [4.69, 9.17) is 4.74 Å². The Morgan fingerprint density at radius 1 is 1.04 bits per heavy atom. The molecule has 4 rings (SSSR count). The molecule has 25 heavy (non-hydrogen) atoms. The lowest BCUT2D eigenvalue weighted by Gasteiger charge is -2.17. The zero-order chi connectivity index (χ0) is 17.3. The summed E-state index contributed by atoms with van der Waals surface area (Å²) in [6.07, 6.45) is 1.98. The van der Waals surface area contributed by atoms with Crippen molar-refractivity contribution in [1.29, 1.82) is 0 Å². The second kappa shape index (κ2) is 6.42. The first-order valence-corrected chi connectivity index (χ1v) is 9.50. The van der Waals surface area contributed by atoms with Crippen molar-refractivity contribution >= 4 is 20.8 Å². The molecule has 0 spiro atoms. The molecule has 0 saturated carbocycles. The second-order valence-corrected chi connectivity index (χ2v) is 7.90. The Bertz CT molecular complexity index is 993. The molecule has 0 amide bonds. The Morgan fingerprint density at radius 3 is 2.68 bits per heavy atom. The minimum Gasteiger partial charge on any atom is -0.472 e. The Morgan fingerprint density at radius 2 is 1.88 bits per heavy atom. The summed E-state index contributed by atoms with van der Waals surface area (Å²) in [4.78, 5) is 0.311.